The summed E-state index contributed by atoms with van der Waals surface area (Å²) in [6.45, 7) is 8.39. The van der Waals surface area contributed by atoms with E-state index in [-0.39, 0.29) is 11.9 Å². The van der Waals surface area contributed by atoms with Crippen molar-refractivity contribution in [1.82, 2.24) is 5.32 Å². The quantitative estimate of drug-likeness (QED) is 0.563. The molecule has 1 atom stereocenters. The van der Waals surface area contributed by atoms with Gasteiger partial charge < -0.3 is 15.8 Å². The minimum atomic E-state index is -0.264. The first-order valence-electron chi connectivity index (χ1n) is 5.68. The zero-order valence-electron chi connectivity index (χ0n) is 10.1. The molecular weight excluding hydrogens is 192 g/mol. The monoisotopic (exact) mass is 216 g/mol. The Hall–Kier alpha value is -0.610. The average Bonchev–Trinajstić information content (AvgIpc) is 2.15. The maximum atomic E-state index is 11.1. The molecule has 0 aromatic rings. The highest BCUT2D eigenvalue weighted by Crippen LogP contribution is 2.04. The molecule has 0 saturated carbocycles. The van der Waals surface area contributed by atoms with Crippen LogP contribution < -0.4 is 11.1 Å². The van der Waals surface area contributed by atoms with E-state index in [2.05, 4.69) is 19.2 Å². The van der Waals surface area contributed by atoms with Crippen molar-refractivity contribution in [2.24, 2.45) is 11.7 Å². The summed E-state index contributed by atoms with van der Waals surface area (Å²) < 4.78 is 5.20. The molecule has 90 valence electrons. The Labute approximate surface area is 92.6 Å². The van der Waals surface area contributed by atoms with Crippen LogP contribution in [0.2, 0.25) is 0 Å². The SMILES string of the molecule is CCOCCCN[C@@H](CC(C)C)C(N)=O. The van der Waals surface area contributed by atoms with Crippen LogP contribution in [-0.2, 0) is 9.53 Å². The van der Waals surface area contributed by atoms with Gasteiger partial charge in [0, 0.05) is 13.2 Å². The Kier molecular flexibility index (Phi) is 8.33. The molecule has 4 heteroatoms. The zero-order chi connectivity index (χ0) is 11.7. The summed E-state index contributed by atoms with van der Waals surface area (Å²) in [5, 5.41) is 3.15. The number of carbonyl (C=O) groups excluding carboxylic acids is 1. The van der Waals surface area contributed by atoms with Crippen molar-refractivity contribution in [3.8, 4) is 0 Å². The summed E-state index contributed by atoms with van der Waals surface area (Å²) in [7, 11) is 0. The van der Waals surface area contributed by atoms with Crippen LogP contribution in [0.15, 0.2) is 0 Å². The summed E-state index contributed by atoms with van der Waals surface area (Å²) in [6.07, 6.45) is 1.71. The number of ether oxygens (including phenoxy) is 1. The van der Waals surface area contributed by atoms with Gasteiger partial charge >= 0.3 is 0 Å². The fourth-order valence-corrected chi connectivity index (χ4v) is 1.37. The van der Waals surface area contributed by atoms with E-state index in [1.54, 1.807) is 0 Å². The second-order valence-corrected chi connectivity index (χ2v) is 4.09. The predicted octanol–water partition coefficient (Wildman–Crippen LogP) is 0.903. The van der Waals surface area contributed by atoms with E-state index >= 15 is 0 Å². The lowest BCUT2D eigenvalue weighted by Gasteiger charge is -2.17. The van der Waals surface area contributed by atoms with Gasteiger partial charge in [-0.3, -0.25) is 4.79 Å². The Balaban J connectivity index is 3.62. The fourth-order valence-electron chi connectivity index (χ4n) is 1.37. The topological polar surface area (TPSA) is 64.3 Å². The van der Waals surface area contributed by atoms with Gasteiger partial charge in [0.2, 0.25) is 5.91 Å². The van der Waals surface area contributed by atoms with Crippen molar-refractivity contribution in [1.29, 1.82) is 0 Å². The van der Waals surface area contributed by atoms with Gasteiger partial charge in [0.05, 0.1) is 6.04 Å². The van der Waals surface area contributed by atoms with E-state index < -0.39 is 0 Å². The van der Waals surface area contributed by atoms with Crippen molar-refractivity contribution >= 4 is 5.91 Å². The first kappa shape index (κ1) is 14.4. The molecule has 0 fully saturated rings. The van der Waals surface area contributed by atoms with Gasteiger partial charge in [-0.1, -0.05) is 13.8 Å². The third-order valence-electron chi connectivity index (χ3n) is 2.11. The van der Waals surface area contributed by atoms with Crippen molar-refractivity contribution in [2.45, 2.75) is 39.7 Å². The first-order chi connectivity index (χ1) is 7.07. The average molecular weight is 216 g/mol. The molecule has 0 aliphatic carbocycles. The van der Waals surface area contributed by atoms with Crippen LogP contribution in [0.5, 0.6) is 0 Å². The molecule has 0 aromatic carbocycles. The minimum absolute atomic E-state index is 0.202. The first-order valence-corrected chi connectivity index (χ1v) is 5.68. The van der Waals surface area contributed by atoms with Crippen LogP contribution in [0.25, 0.3) is 0 Å². The van der Waals surface area contributed by atoms with Crippen LogP contribution in [0.1, 0.15) is 33.6 Å². The third kappa shape index (κ3) is 8.39. The Morgan fingerprint density at radius 3 is 2.60 bits per heavy atom. The number of nitrogens with two attached hydrogens (primary N) is 1. The molecule has 0 bridgehead atoms. The maximum Gasteiger partial charge on any atom is 0.234 e. The predicted molar refractivity (Wildman–Crippen MR) is 61.6 cm³/mol. The second kappa shape index (κ2) is 8.68. The van der Waals surface area contributed by atoms with E-state index in [0.29, 0.717) is 5.92 Å². The standard InChI is InChI=1S/C11H24N2O2/c1-4-15-7-5-6-13-10(11(12)14)8-9(2)3/h9-10,13H,4-8H2,1-3H3,(H2,12,14)/t10-/m0/s1. The van der Waals surface area contributed by atoms with Crippen molar-refractivity contribution in [3.05, 3.63) is 0 Å². The number of hydrogen-bond acceptors (Lipinski definition) is 3. The molecule has 0 heterocycles. The van der Waals surface area contributed by atoms with Crippen LogP contribution in [0, 0.1) is 5.92 Å². The summed E-state index contributed by atoms with van der Waals surface area (Å²) in [5.41, 5.74) is 5.29. The molecule has 0 spiro atoms. The number of nitrogens with one attached hydrogen (secondary N) is 1. The number of carbonyl (C=O) groups is 1. The van der Waals surface area contributed by atoms with Gasteiger partial charge in [-0.25, -0.2) is 0 Å². The molecule has 1 amide bonds. The van der Waals surface area contributed by atoms with Gasteiger partial charge in [0.25, 0.3) is 0 Å². The number of hydrogen-bond donors (Lipinski definition) is 2. The Morgan fingerprint density at radius 2 is 2.13 bits per heavy atom. The highest BCUT2D eigenvalue weighted by molar-refractivity contribution is 5.79. The summed E-state index contributed by atoms with van der Waals surface area (Å²) in [4.78, 5) is 11.1. The number of amides is 1. The molecule has 0 radical (unpaired) electrons. The van der Waals surface area contributed by atoms with Crippen molar-refractivity contribution < 1.29 is 9.53 Å². The molecule has 0 saturated heterocycles. The highest BCUT2D eigenvalue weighted by Gasteiger charge is 2.15. The van der Waals surface area contributed by atoms with Gasteiger partial charge in [0.15, 0.2) is 0 Å². The maximum absolute atomic E-state index is 11.1. The van der Waals surface area contributed by atoms with Crippen molar-refractivity contribution in [2.75, 3.05) is 19.8 Å². The lowest BCUT2D eigenvalue weighted by molar-refractivity contribution is -0.120. The Bertz CT molecular complexity index is 172. The second-order valence-electron chi connectivity index (χ2n) is 4.09. The normalized spacial score (nSPS) is 13.1. The van der Waals surface area contributed by atoms with E-state index in [1.165, 1.54) is 0 Å². The van der Waals surface area contributed by atoms with Gasteiger partial charge in [-0.15, -0.1) is 0 Å². The molecule has 0 rings (SSSR count). The molecule has 0 aliphatic rings. The van der Waals surface area contributed by atoms with Gasteiger partial charge in [-0.05, 0) is 32.2 Å². The smallest absolute Gasteiger partial charge is 0.234 e. The highest BCUT2D eigenvalue weighted by atomic mass is 16.5. The molecular formula is C11H24N2O2. The summed E-state index contributed by atoms with van der Waals surface area (Å²) in [5.74, 6) is 0.210. The van der Waals surface area contributed by atoms with Crippen molar-refractivity contribution in [3.63, 3.8) is 0 Å². The molecule has 0 aliphatic heterocycles. The van der Waals surface area contributed by atoms with Gasteiger partial charge in [-0.2, -0.15) is 0 Å². The van der Waals surface area contributed by atoms with Crippen LogP contribution >= 0.6 is 0 Å². The fraction of sp³-hybridized carbons (Fsp3) is 0.909. The largest absolute Gasteiger partial charge is 0.382 e. The molecule has 3 N–H and O–H groups in total. The van der Waals surface area contributed by atoms with E-state index in [0.717, 1.165) is 32.6 Å². The lowest BCUT2D eigenvalue weighted by atomic mass is 10.0. The number of rotatable bonds is 9. The van der Waals surface area contributed by atoms with E-state index in [4.69, 9.17) is 10.5 Å². The molecule has 0 aromatic heterocycles. The summed E-state index contributed by atoms with van der Waals surface area (Å²) in [6, 6.07) is -0.202. The van der Waals surface area contributed by atoms with E-state index in [1.807, 2.05) is 6.92 Å². The van der Waals surface area contributed by atoms with Crippen LogP contribution in [0.4, 0.5) is 0 Å². The lowest BCUT2D eigenvalue weighted by Crippen LogP contribution is -2.42. The van der Waals surface area contributed by atoms with E-state index in [9.17, 15) is 4.79 Å². The third-order valence-corrected chi connectivity index (χ3v) is 2.11. The Morgan fingerprint density at radius 1 is 1.47 bits per heavy atom. The minimum Gasteiger partial charge on any atom is -0.382 e. The number of primary amides is 1. The van der Waals surface area contributed by atoms with Gasteiger partial charge in [0.1, 0.15) is 0 Å². The summed E-state index contributed by atoms with van der Waals surface area (Å²) >= 11 is 0. The van der Waals surface area contributed by atoms with Crippen LogP contribution in [0.3, 0.4) is 0 Å². The molecule has 4 nitrogen and oxygen atoms in total. The molecule has 15 heavy (non-hydrogen) atoms. The molecule has 0 unspecified atom stereocenters. The zero-order valence-corrected chi connectivity index (χ0v) is 10.1. The van der Waals surface area contributed by atoms with Crippen LogP contribution in [-0.4, -0.2) is 31.7 Å².